The lowest BCUT2D eigenvalue weighted by Crippen LogP contribution is -2.32. The fraction of sp³-hybridized carbons (Fsp3) is 1.00. The van der Waals surface area contributed by atoms with Crippen molar-refractivity contribution in [2.75, 3.05) is 13.6 Å². The van der Waals surface area contributed by atoms with Crippen LogP contribution >= 0.6 is 0 Å². The topological polar surface area (TPSA) is 12.0 Å². The zero-order valence-electron chi connectivity index (χ0n) is 11.8. The van der Waals surface area contributed by atoms with E-state index in [1.165, 1.54) is 45.1 Å². The van der Waals surface area contributed by atoms with Crippen LogP contribution < -0.4 is 5.32 Å². The second-order valence-corrected chi connectivity index (χ2v) is 6.14. The van der Waals surface area contributed by atoms with Gasteiger partial charge in [0.25, 0.3) is 0 Å². The predicted octanol–water partition coefficient (Wildman–Crippen LogP) is 4.08. The summed E-state index contributed by atoms with van der Waals surface area (Å²) in [6.45, 7) is 8.31. The Morgan fingerprint density at radius 1 is 1.19 bits per heavy atom. The van der Waals surface area contributed by atoms with Gasteiger partial charge in [-0.15, -0.1) is 0 Å². The molecule has 1 aliphatic rings. The van der Waals surface area contributed by atoms with Crippen LogP contribution in [0.15, 0.2) is 0 Å². The van der Waals surface area contributed by atoms with Crippen LogP contribution in [0.4, 0.5) is 0 Å². The summed E-state index contributed by atoms with van der Waals surface area (Å²) in [5.74, 6) is 3.84. The maximum Gasteiger partial charge on any atom is -0.00209 e. The van der Waals surface area contributed by atoms with Crippen LogP contribution in [0.1, 0.15) is 59.3 Å². The number of hydrogen-bond donors (Lipinski definition) is 1. The van der Waals surface area contributed by atoms with E-state index < -0.39 is 0 Å². The molecule has 16 heavy (non-hydrogen) atoms. The van der Waals surface area contributed by atoms with E-state index in [9.17, 15) is 0 Å². The standard InChI is InChI=1S/C15H31N/c1-5-13-7-9-15(11-16-4)14(10-13)8-6-12(2)3/h12-16H,5-11H2,1-4H3. The minimum atomic E-state index is 0.872. The van der Waals surface area contributed by atoms with Crippen molar-refractivity contribution in [3.8, 4) is 0 Å². The molecule has 1 rings (SSSR count). The van der Waals surface area contributed by atoms with Gasteiger partial charge < -0.3 is 5.32 Å². The third-order valence-corrected chi connectivity index (χ3v) is 4.41. The van der Waals surface area contributed by atoms with Crippen molar-refractivity contribution < 1.29 is 0 Å². The summed E-state index contributed by atoms with van der Waals surface area (Å²) < 4.78 is 0. The lowest BCUT2D eigenvalue weighted by molar-refractivity contribution is 0.158. The van der Waals surface area contributed by atoms with Crippen molar-refractivity contribution in [2.24, 2.45) is 23.7 Å². The van der Waals surface area contributed by atoms with E-state index >= 15 is 0 Å². The fourth-order valence-corrected chi connectivity index (χ4v) is 3.23. The van der Waals surface area contributed by atoms with Crippen LogP contribution in [0.2, 0.25) is 0 Å². The quantitative estimate of drug-likeness (QED) is 0.718. The van der Waals surface area contributed by atoms with Gasteiger partial charge in [0.2, 0.25) is 0 Å². The summed E-state index contributed by atoms with van der Waals surface area (Å²) in [6.07, 6.45) is 8.70. The van der Waals surface area contributed by atoms with E-state index in [2.05, 4.69) is 33.1 Å². The molecule has 0 heterocycles. The van der Waals surface area contributed by atoms with Crippen molar-refractivity contribution >= 4 is 0 Å². The van der Waals surface area contributed by atoms with Gasteiger partial charge in [-0.05, 0) is 56.5 Å². The van der Waals surface area contributed by atoms with E-state index in [1.807, 2.05) is 0 Å². The zero-order valence-corrected chi connectivity index (χ0v) is 11.8. The van der Waals surface area contributed by atoms with E-state index in [0.29, 0.717) is 0 Å². The molecule has 1 fully saturated rings. The van der Waals surface area contributed by atoms with Crippen molar-refractivity contribution in [3.63, 3.8) is 0 Å². The first-order valence-electron chi connectivity index (χ1n) is 7.31. The molecule has 1 heteroatoms. The Balaban J connectivity index is 2.43. The first-order chi connectivity index (χ1) is 7.67. The van der Waals surface area contributed by atoms with Gasteiger partial charge in [0, 0.05) is 0 Å². The smallest absolute Gasteiger partial charge is 0.00209 e. The first-order valence-corrected chi connectivity index (χ1v) is 7.31. The Hall–Kier alpha value is -0.0400. The molecule has 96 valence electrons. The predicted molar refractivity (Wildman–Crippen MR) is 72.6 cm³/mol. The molecule has 0 aromatic rings. The Bertz CT molecular complexity index is 176. The summed E-state index contributed by atoms with van der Waals surface area (Å²) in [7, 11) is 2.10. The maximum atomic E-state index is 3.39. The minimum Gasteiger partial charge on any atom is -0.319 e. The summed E-state index contributed by atoms with van der Waals surface area (Å²) in [5, 5.41) is 3.39. The average molecular weight is 225 g/mol. The Labute approximate surface area is 102 Å². The van der Waals surface area contributed by atoms with Gasteiger partial charge in [0.1, 0.15) is 0 Å². The SMILES string of the molecule is CCC1CCC(CNC)C(CCC(C)C)C1. The molecule has 3 unspecified atom stereocenters. The number of hydrogen-bond acceptors (Lipinski definition) is 1. The second kappa shape index (κ2) is 7.32. The van der Waals surface area contributed by atoms with Gasteiger partial charge in [0.05, 0.1) is 0 Å². The second-order valence-electron chi connectivity index (χ2n) is 6.14. The third kappa shape index (κ3) is 4.45. The van der Waals surface area contributed by atoms with Gasteiger partial charge in [0.15, 0.2) is 0 Å². The van der Waals surface area contributed by atoms with Gasteiger partial charge in [-0.3, -0.25) is 0 Å². The summed E-state index contributed by atoms with van der Waals surface area (Å²) in [4.78, 5) is 0. The zero-order chi connectivity index (χ0) is 12.0. The van der Waals surface area contributed by atoms with Crippen LogP contribution in [0.25, 0.3) is 0 Å². The molecule has 0 radical (unpaired) electrons. The normalized spacial score (nSPS) is 30.9. The molecule has 0 aromatic carbocycles. The molecular weight excluding hydrogens is 194 g/mol. The molecule has 1 aliphatic carbocycles. The van der Waals surface area contributed by atoms with Crippen LogP contribution in [0, 0.1) is 23.7 Å². The Morgan fingerprint density at radius 3 is 2.50 bits per heavy atom. The van der Waals surface area contributed by atoms with Crippen LogP contribution in [0.3, 0.4) is 0 Å². The summed E-state index contributed by atoms with van der Waals surface area (Å²) >= 11 is 0. The van der Waals surface area contributed by atoms with Gasteiger partial charge >= 0.3 is 0 Å². The van der Waals surface area contributed by atoms with Crippen molar-refractivity contribution in [1.82, 2.24) is 5.32 Å². The van der Waals surface area contributed by atoms with Gasteiger partial charge in [-0.1, -0.05) is 40.0 Å². The molecule has 0 spiro atoms. The van der Waals surface area contributed by atoms with Gasteiger partial charge in [-0.25, -0.2) is 0 Å². The molecule has 3 atom stereocenters. The minimum absolute atomic E-state index is 0.872. The largest absolute Gasteiger partial charge is 0.319 e. The maximum absolute atomic E-state index is 3.39. The summed E-state index contributed by atoms with van der Waals surface area (Å²) in [6, 6.07) is 0. The van der Waals surface area contributed by atoms with Crippen molar-refractivity contribution in [3.05, 3.63) is 0 Å². The molecule has 0 saturated heterocycles. The molecule has 0 amide bonds. The van der Waals surface area contributed by atoms with Crippen molar-refractivity contribution in [2.45, 2.75) is 59.3 Å². The van der Waals surface area contributed by atoms with E-state index in [1.54, 1.807) is 0 Å². The van der Waals surface area contributed by atoms with Crippen LogP contribution in [0.5, 0.6) is 0 Å². The number of nitrogens with one attached hydrogen (secondary N) is 1. The molecule has 0 aromatic heterocycles. The molecule has 1 N–H and O–H groups in total. The molecular formula is C15H31N. The van der Waals surface area contributed by atoms with E-state index in [-0.39, 0.29) is 0 Å². The Kier molecular flexibility index (Phi) is 6.41. The fourth-order valence-electron chi connectivity index (χ4n) is 3.23. The highest BCUT2D eigenvalue weighted by Gasteiger charge is 2.28. The monoisotopic (exact) mass is 225 g/mol. The lowest BCUT2D eigenvalue weighted by Gasteiger charge is -2.36. The first kappa shape index (κ1) is 14.0. The molecule has 0 aliphatic heterocycles. The van der Waals surface area contributed by atoms with Crippen LogP contribution in [-0.2, 0) is 0 Å². The average Bonchev–Trinajstić information content (AvgIpc) is 2.28. The lowest BCUT2D eigenvalue weighted by atomic mass is 9.71. The van der Waals surface area contributed by atoms with E-state index in [0.717, 1.165) is 23.7 Å². The third-order valence-electron chi connectivity index (χ3n) is 4.41. The van der Waals surface area contributed by atoms with E-state index in [4.69, 9.17) is 0 Å². The highest BCUT2D eigenvalue weighted by Crippen LogP contribution is 2.38. The highest BCUT2D eigenvalue weighted by atomic mass is 14.8. The molecule has 1 nitrogen and oxygen atoms in total. The van der Waals surface area contributed by atoms with Gasteiger partial charge in [-0.2, -0.15) is 0 Å². The molecule has 1 saturated carbocycles. The Morgan fingerprint density at radius 2 is 1.94 bits per heavy atom. The summed E-state index contributed by atoms with van der Waals surface area (Å²) in [5.41, 5.74) is 0. The van der Waals surface area contributed by atoms with Crippen molar-refractivity contribution in [1.29, 1.82) is 0 Å². The number of rotatable bonds is 6. The molecule has 0 bridgehead atoms. The van der Waals surface area contributed by atoms with Crippen LogP contribution in [-0.4, -0.2) is 13.6 Å². The highest BCUT2D eigenvalue weighted by molar-refractivity contribution is 4.81.